The molecular weight excluding hydrogens is 288 g/mol. The van der Waals surface area contributed by atoms with Gasteiger partial charge in [-0.3, -0.25) is 8.89 Å². The molecule has 2 amide bonds. The number of urea groups is 1. The van der Waals surface area contributed by atoms with Crippen molar-refractivity contribution >= 4 is 16.8 Å². The van der Waals surface area contributed by atoms with Crippen LogP contribution in [-0.4, -0.2) is 37.1 Å². The predicted octanol–water partition coefficient (Wildman–Crippen LogP) is 1.64. The van der Waals surface area contributed by atoms with Crippen molar-refractivity contribution in [2.75, 3.05) is 12.3 Å². The van der Waals surface area contributed by atoms with E-state index in [1.165, 1.54) is 0 Å². The molecule has 0 saturated carbocycles. The smallest absolute Gasteiger partial charge is 0.315 e. The molecule has 0 aliphatic carbocycles. The third-order valence-corrected chi connectivity index (χ3v) is 5.06. The fourth-order valence-corrected chi connectivity index (χ4v) is 2.83. The van der Waals surface area contributed by atoms with Gasteiger partial charge in [-0.2, -0.15) is 5.10 Å². The molecule has 0 unspecified atom stereocenters. The minimum atomic E-state index is -0.959. The Kier molecular flexibility index (Phi) is 5.95. The van der Waals surface area contributed by atoms with E-state index < -0.39 is 10.8 Å². The number of amides is 2. The number of carbonyl (C=O) groups excluding carboxylic acids is 1. The lowest BCUT2D eigenvalue weighted by Gasteiger charge is -2.18. The van der Waals surface area contributed by atoms with Gasteiger partial charge < -0.3 is 10.6 Å². The Balaban J connectivity index is 2.41. The number of carbonyl (C=O) groups is 1. The molecule has 0 aliphatic rings. The van der Waals surface area contributed by atoms with Crippen LogP contribution in [0, 0.1) is 6.92 Å². The first-order chi connectivity index (χ1) is 9.61. The van der Waals surface area contributed by atoms with Gasteiger partial charge in [-0.15, -0.1) is 0 Å². The Bertz CT molecular complexity index is 520. The molecule has 0 radical (unpaired) electrons. The van der Waals surface area contributed by atoms with E-state index in [2.05, 4.69) is 15.7 Å². The zero-order chi connectivity index (χ0) is 16.2. The molecule has 0 fully saturated rings. The Morgan fingerprint density at radius 2 is 2.10 bits per heavy atom. The summed E-state index contributed by atoms with van der Waals surface area (Å²) in [6.07, 6.45) is 1.90. The number of hydrogen-bond acceptors (Lipinski definition) is 3. The molecule has 6 nitrogen and oxygen atoms in total. The van der Waals surface area contributed by atoms with Crippen LogP contribution in [0.1, 0.15) is 45.0 Å². The molecule has 0 aliphatic heterocycles. The third-order valence-electron chi connectivity index (χ3n) is 3.12. The first kappa shape index (κ1) is 17.7. The quantitative estimate of drug-likeness (QED) is 0.867. The lowest BCUT2D eigenvalue weighted by atomic mass is 10.1. The summed E-state index contributed by atoms with van der Waals surface area (Å²) in [5.41, 5.74) is 1.89. The average molecular weight is 314 g/mol. The van der Waals surface area contributed by atoms with E-state index in [0.29, 0.717) is 12.3 Å². The van der Waals surface area contributed by atoms with E-state index in [-0.39, 0.29) is 16.8 Å². The van der Waals surface area contributed by atoms with Gasteiger partial charge in [-0.05, 0) is 34.6 Å². The van der Waals surface area contributed by atoms with Crippen LogP contribution in [0.5, 0.6) is 0 Å². The van der Waals surface area contributed by atoms with Crippen molar-refractivity contribution in [2.45, 2.75) is 45.4 Å². The molecule has 1 aromatic heterocycles. The van der Waals surface area contributed by atoms with Crippen LogP contribution < -0.4 is 10.6 Å². The maximum absolute atomic E-state index is 11.9. The fraction of sp³-hybridized carbons (Fsp3) is 0.714. The van der Waals surface area contributed by atoms with Crippen LogP contribution in [0.3, 0.4) is 0 Å². The summed E-state index contributed by atoms with van der Waals surface area (Å²) in [4.78, 5) is 11.8. The number of nitrogens with zero attached hydrogens (tertiary/aromatic N) is 2. The van der Waals surface area contributed by atoms with Gasteiger partial charge in [-0.25, -0.2) is 4.79 Å². The summed E-state index contributed by atoms with van der Waals surface area (Å²) in [6.45, 7) is 10.0. The van der Waals surface area contributed by atoms with Crippen LogP contribution in [0.15, 0.2) is 6.20 Å². The third kappa shape index (κ3) is 5.49. The second kappa shape index (κ2) is 7.06. The van der Waals surface area contributed by atoms with Gasteiger partial charge in [0.05, 0.1) is 11.7 Å². The lowest BCUT2D eigenvalue weighted by molar-refractivity contribution is 0.238. The molecule has 120 valence electrons. The Hall–Kier alpha value is -1.37. The maximum atomic E-state index is 11.9. The Morgan fingerprint density at radius 1 is 1.48 bits per heavy atom. The van der Waals surface area contributed by atoms with E-state index in [4.69, 9.17) is 0 Å². The summed E-state index contributed by atoms with van der Waals surface area (Å²) in [5, 5.41) is 9.86. The molecule has 2 N–H and O–H groups in total. The van der Waals surface area contributed by atoms with Crippen molar-refractivity contribution in [2.24, 2.45) is 7.05 Å². The zero-order valence-corrected chi connectivity index (χ0v) is 14.5. The van der Waals surface area contributed by atoms with Crippen molar-refractivity contribution in [1.29, 1.82) is 0 Å². The minimum absolute atomic E-state index is 0.119. The van der Waals surface area contributed by atoms with Crippen LogP contribution in [0.2, 0.25) is 0 Å². The van der Waals surface area contributed by atoms with E-state index in [0.717, 1.165) is 11.3 Å². The molecule has 1 heterocycles. The fourth-order valence-electron chi connectivity index (χ4n) is 1.93. The topological polar surface area (TPSA) is 76.0 Å². The summed E-state index contributed by atoms with van der Waals surface area (Å²) >= 11 is 0. The Morgan fingerprint density at radius 3 is 2.57 bits per heavy atom. The van der Waals surface area contributed by atoms with Crippen LogP contribution in [0.4, 0.5) is 4.79 Å². The molecule has 7 heteroatoms. The molecule has 0 bridgehead atoms. The SMILES string of the molecule is Cc1nn(C)cc1[C@H](C)NC(=O)NCC[S@](=O)C(C)(C)C. The van der Waals surface area contributed by atoms with Crippen molar-refractivity contribution in [1.82, 2.24) is 20.4 Å². The largest absolute Gasteiger partial charge is 0.337 e. The molecule has 0 aromatic carbocycles. The van der Waals surface area contributed by atoms with Crippen molar-refractivity contribution in [3.8, 4) is 0 Å². The first-order valence-corrected chi connectivity index (χ1v) is 8.36. The first-order valence-electron chi connectivity index (χ1n) is 7.04. The molecule has 0 saturated heterocycles. The Labute approximate surface area is 129 Å². The second-order valence-electron chi connectivity index (χ2n) is 6.13. The summed E-state index contributed by atoms with van der Waals surface area (Å²) in [7, 11) is 0.894. The molecule has 1 aromatic rings. The van der Waals surface area contributed by atoms with Gasteiger partial charge in [0.25, 0.3) is 0 Å². The number of nitrogens with one attached hydrogen (secondary N) is 2. The highest BCUT2D eigenvalue weighted by molar-refractivity contribution is 7.86. The van der Waals surface area contributed by atoms with E-state index in [1.54, 1.807) is 4.68 Å². The molecule has 21 heavy (non-hydrogen) atoms. The maximum Gasteiger partial charge on any atom is 0.315 e. The van der Waals surface area contributed by atoms with Crippen LogP contribution >= 0.6 is 0 Å². The van der Waals surface area contributed by atoms with E-state index >= 15 is 0 Å². The summed E-state index contributed by atoms with van der Waals surface area (Å²) in [6, 6.07) is -0.372. The zero-order valence-electron chi connectivity index (χ0n) is 13.7. The molecule has 2 atom stereocenters. The standard InChI is InChI=1S/C14H26N4O2S/c1-10(12-9-18(6)17-11(12)2)16-13(19)15-7-8-21(20)14(3,4)5/h9-10H,7-8H2,1-6H3,(H2,15,16,19)/t10-,21-/m0/s1. The molecule has 1 rings (SSSR count). The van der Waals surface area contributed by atoms with E-state index in [1.807, 2.05) is 47.9 Å². The van der Waals surface area contributed by atoms with Gasteiger partial charge in [0.1, 0.15) is 0 Å². The van der Waals surface area contributed by atoms with Crippen molar-refractivity contribution in [3.63, 3.8) is 0 Å². The molecule has 0 spiro atoms. The van der Waals surface area contributed by atoms with Crippen LogP contribution in [-0.2, 0) is 17.8 Å². The summed E-state index contributed by atoms with van der Waals surface area (Å²) < 4.78 is 13.3. The highest BCUT2D eigenvalue weighted by Gasteiger charge is 2.19. The van der Waals surface area contributed by atoms with Crippen LogP contribution in [0.25, 0.3) is 0 Å². The number of rotatable bonds is 5. The number of aryl methyl sites for hydroxylation is 2. The van der Waals surface area contributed by atoms with Gasteiger partial charge in [0.2, 0.25) is 0 Å². The minimum Gasteiger partial charge on any atom is -0.337 e. The van der Waals surface area contributed by atoms with Gasteiger partial charge in [0, 0.05) is 46.7 Å². The van der Waals surface area contributed by atoms with Gasteiger partial charge in [-0.1, -0.05) is 0 Å². The van der Waals surface area contributed by atoms with Gasteiger partial charge in [0.15, 0.2) is 0 Å². The van der Waals surface area contributed by atoms with Crippen molar-refractivity contribution in [3.05, 3.63) is 17.5 Å². The lowest BCUT2D eigenvalue weighted by Crippen LogP contribution is -2.40. The van der Waals surface area contributed by atoms with E-state index in [9.17, 15) is 9.00 Å². The van der Waals surface area contributed by atoms with Gasteiger partial charge >= 0.3 is 6.03 Å². The summed E-state index contributed by atoms with van der Waals surface area (Å²) in [5.74, 6) is 0.456. The number of aromatic nitrogens is 2. The second-order valence-corrected chi connectivity index (χ2v) is 8.45. The molecular formula is C14H26N4O2S. The van der Waals surface area contributed by atoms with Crippen molar-refractivity contribution < 1.29 is 9.00 Å². The predicted molar refractivity (Wildman–Crippen MR) is 85.7 cm³/mol. The highest BCUT2D eigenvalue weighted by Crippen LogP contribution is 2.15. The highest BCUT2D eigenvalue weighted by atomic mass is 32.2. The number of hydrogen-bond donors (Lipinski definition) is 2. The average Bonchev–Trinajstić information content (AvgIpc) is 2.67. The monoisotopic (exact) mass is 314 g/mol. The normalized spacial score (nSPS) is 14.6.